The average Bonchev–Trinajstić information content (AvgIpc) is 2.56. The van der Waals surface area contributed by atoms with Crippen molar-refractivity contribution >= 4 is 11.6 Å². The molecular weight excluding hydrogens is 292 g/mol. The zero-order valence-corrected chi connectivity index (χ0v) is 13.1. The summed E-state index contributed by atoms with van der Waals surface area (Å²) in [6.07, 6.45) is 5.53. The van der Waals surface area contributed by atoms with E-state index in [0.717, 1.165) is 31.6 Å². The number of nitrogens with zero attached hydrogens (tertiary/aromatic N) is 2. The van der Waals surface area contributed by atoms with Crippen molar-refractivity contribution in [1.29, 1.82) is 0 Å². The van der Waals surface area contributed by atoms with Crippen LogP contribution in [0.1, 0.15) is 31.4 Å². The van der Waals surface area contributed by atoms with Gasteiger partial charge >= 0.3 is 0 Å². The van der Waals surface area contributed by atoms with Crippen LogP contribution in [-0.2, 0) is 4.79 Å². The van der Waals surface area contributed by atoms with Gasteiger partial charge in [0, 0.05) is 43.5 Å². The van der Waals surface area contributed by atoms with Crippen LogP contribution in [0.4, 0.5) is 5.69 Å². The van der Waals surface area contributed by atoms with Gasteiger partial charge in [-0.2, -0.15) is 0 Å². The lowest BCUT2D eigenvalue weighted by Gasteiger charge is -2.23. The molecule has 1 saturated heterocycles. The van der Waals surface area contributed by atoms with Crippen LogP contribution >= 0.6 is 0 Å². The Morgan fingerprint density at radius 1 is 1.35 bits per heavy atom. The Kier molecular flexibility index (Phi) is 4.83. The molecule has 0 saturated carbocycles. The first-order chi connectivity index (χ1) is 11.2. The number of carbonyl (C=O) groups excluding carboxylic acids is 1. The SMILES string of the molecule is CC(=O)Nc1cccc(Oc2nccnc2C2CCCNC2)c1. The second kappa shape index (κ2) is 7.19. The highest BCUT2D eigenvalue weighted by Crippen LogP contribution is 2.31. The first-order valence-corrected chi connectivity index (χ1v) is 7.79. The molecule has 6 heteroatoms. The lowest BCUT2D eigenvalue weighted by Crippen LogP contribution is -2.29. The van der Waals surface area contributed by atoms with Gasteiger partial charge in [-0.15, -0.1) is 0 Å². The Labute approximate surface area is 135 Å². The molecule has 120 valence electrons. The Bertz CT molecular complexity index is 684. The summed E-state index contributed by atoms with van der Waals surface area (Å²) in [5.41, 5.74) is 1.57. The fourth-order valence-electron chi connectivity index (χ4n) is 2.73. The summed E-state index contributed by atoms with van der Waals surface area (Å²) in [7, 11) is 0. The molecule has 1 aromatic heterocycles. The van der Waals surface area contributed by atoms with Crippen molar-refractivity contribution in [3.05, 3.63) is 42.4 Å². The normalized spacial score (nSPS) is 17.5. The van der Waals surface area contributed by atoms with Gasteiger partial charge < -0.3 is 15.4 Å². The highest BCUT2D eigenvalue weighted by atomic mass is 16.5. The number of amides is 1. The van der Waals surface area contributed by atoms with Crippen molar-refractivity contribution in [3.8, 4) is 11.6 Å². The molecule has 2 N–H and O–H groups in total. The van der Waals surface area contributed by atoms with E-state index in [1.54, 1.807) is 18.5 Å². The molecule has 2 heterocycles. The average molecular weight is 312 g/mol. The first-order valence-electron chi connectivity index (χ1n) is 7.79. The Hall–Kier alpha value is -2.47. The second-order valence-corrected chi connectivity index (χ2v) is 5.60. The van der Waals surface area contributed by atoms with Crippen LogP contribution < -0.4 is 15.4 Å². The third kappa shape index (κ3) is 4.04. The highest BCUT2D eigenvalue weighted by Gasteiger charge is 2.21. The predicted octanol–water partition coefficient (Wildman–Crippen LogP) is 2.69. The van der Waals surface area contributed by atoms with Crippen LogP contribution in [-0.4, -0.2) is 29.0 Å². The zero-order valence-electron chi connectivity index (χ0n) is 13.1. The van der Waals surface area contributed by atoms with Gasteiger partial charge in [0.25, 0.3) is 0 Å². The van der Waals surface area contributed by atoms with Crippen LogP contribution in [0, 0.1) is 0 Å². The second-order valence-electron chi connectivity index (χ2n) is 5.60. The molecule has 1 aromatic carbocycles. The number of aromatic nitrogens is 2. The molecule has 6 nitrogen and oxygen atoms in total. The molecule has 1 amide bonds. The Morgan fingerprint density at radius 3 is 3.00 bits per heavy atom. The van der Waals surface area contributed by atoms with Crippen molar-refractivity contribution in [2.45, 2.75) is 25.7 Å². The molecule has 0 spiro atoms. The minimum absolute atomic E-state index is 0.115. The van der Waals surface area contributed by atoms with E-state index in [9.17, 15) is 4.79 Å². The van der Waals surface area contributed by atoms with Crippen molar-refractivity contribution in [2.75, 3.05) is 18.4 Å². The van der Waals surface area contributed by atoms with E-state index in [0.29, 0.717) is 23.2 Å². The van der Waals surface area contributed by atoms with Crippen LogP contribution in [0.3, 0.4) is 0 Å². The number of piperidine rings is 1. The van der Waals surface area contributed by atoms with Crippen molar-refractivity contribution in [2.24, 2.45) is 0 Å². The fourth-order valence-corrected chi connectivity index (χ4v) is 2.73. The number of hydrogen-bond acceptors (Lipinski definition) is 5. The number of ether oxygens (including phenoxy) is 1. The molecule has 0 radical (unpaired) electrons. The van der Waals surface area contributed by atoms with Gasteiger partial charge in [0.1, 0.15) is 11.4 Å². The monoisotopic (exact) mass is 312 g/mol. The van der Waals surface area contributed by atoms with Crippen molar-refractivity contribution < 1.29 is 9.53 Å². The third-order valence-corrected chi connectivity index (χ3v) is 3.74. The first kappa shape index (κ1) is 15.4. The van der Waals surface area contributed by atoms with Gasteiger partial charge in [0.2, 0.25) is 11.8 Å². The van der Waals surface area contributed by atoms with Crippen LogP contribution in [0.2, 0.25) is 0 Å². The molecule has 0 aliphatic carbocycles. The molecule has 1 unspecified atom stereocenters. The maximum Gasteiger partial charge on any atom is 0.241 e. The summed E-state index contributed by atoms with van der Waals surface area (Å²) in [5.74, 6) is 1.35. The lowest BCUT2D eigenvalue weighted by molar-refractivity contribution is -0.114. The molecule has 0 bridgehead atoms. The van der Waals surface area contributed by atoms with Crippen LogP contribution in [0.15, 0.2) is 36.7 Å². The summed E-state index contributed by atoms with van der Waals surface area (Å²) in [5, 5.41) is 6.13. The molecule has 1 aliphatic rings. The number of anilines is 1. The minimum Gasteiger partial charge on any atom is -0.437 e. The van der Waals surface area contributed by atoms with E-state index >= 15 is 0 Å². The topological polar surface area (TPSA) is 76.1 Å². The van der Waals surface area contributed by atoms with Crippen LogP contribution in [0.25, 0.3) is 0 Å². The van der Waals surface area contributed by atoms with E-state index in [2.05, 4.69) is 20.6 Å². The fraction of sp³-hybridized carbons (Fsp3) is 0.353. The maximum absolute atomic E-state index is 11.2. The molecular formula is C17H20N4O2. The molecule has 3 rings (SSSR count). The predicted molar refractivity (Wildman–Crippen MR) is 87.7 cm³/mol. The number of nitrogens with one attached hydrogen (secondary N) is 2. The van der Waals surface area contributed by atoms with Gasteiger partial charge in [-0.3, -0.25) is 9.78 Å². The van der Waals surface area contributed by atoms with Crippen molar-refractivity contribution in [3.63, 3.8) is 0 Å². The lowest BCUT2D eigenvalue weighted by atomic mass is 9.96. The van der Waals surface area contributed by atoms with E-state index in [4.69, 9.17) is 4.74 Å². The summed E-state index contributed by atoms with van der Waals surface area (Å²) in [6.45, 7) is 3.41. The third-order valence-electron chi connectivity index (χ3n) is 3.74. The highest BCUT2D eigenvalue weighted by molar-refractivity contribution is 5.88. The number of rotatable bonds is 4. The quantitative estimate of drug-likeness (QED) is 0.908. The summed E-state index contributed by atoms with van der Waals surface area (Å²) in [4.78, 5) is 20.0. The van der Waals surface area contributed by atoms with Crippen LogP contribution in [0.5, 0.6) is 11.6 Å². The van der Waals surface area contributed by atoms with Crippen molar-refractivity contribution in [1.82, 2.24) is 15.3 Å². The maximum atomic E-state index is 11.2. The van der Waals surface area contributed by atoms with Gasteiger partial charge in [-0.25, -0.2) is 4.98 Å². The van der Waals surface area contributed by atoms with E-state index in [1.807, 2.05) is 18.2 Å². The number of hydrogen-bond donors (Lipinski definition) is 2. The van der Waals surface area contributed by atoms with Gasteiger partial charge in [-0.1, -0.05) is 6.07 Å². The minimum atomic E-state index is -0.115. The molecule has 1 aliphatic heterocycles. The Balaban J connectivity index is 1.81. The molecule has 23 heavy (non-hydrogen) atoms. The van der Waals surface area contributed by atoms with Gasteiger partial charge in [0.05, 0.1) is 0 Å². The summed E-state index contributed by atoms with van der Waals surface area (Å²) in [6, 6.07) is 7.26. The van der Waals surface area contributed by atoms with E-state index in [1.165, 1.54) is 6.92 Å². The van der Waals surface area contributed by atoms with Gasteiger partial charge in [0.15, 0.2) is 0 Å². The van der Waals surface area contributed by atoms with E-state index in [-0.39, 0.29) is 5.91 Å². The number of carbonyl (C=O) groups is 1. The molecule has 1 fully saturated rings. The Morgan fingerprint density at radius 2 is 2.22 bits per heavy atom. The van der Waals surface area contributed by atoms with Gasteiger partial charge in [-0.05, 0) is 31.5 Å². The molecule has 1 atom stereocenters. The van der Waals surface area contributed by atoms with E-state index < -0.39 is 0 Å². The molecule has 2 aromatic rings. The zero-order chi connectivity index (χ0) is 16.1. The summed E-state index contributed by atoms with van der Waals surface area (Å²) < 4.78 is 5.93. The summed E-state index contributed by atoms with van der Waals surface area (Å²) >= 11 is 0. The largest absolute Gasteiger partial charge is 0.437 e. The standard InChI is InChI=1S/C17H20N4O2/c1-12(22)21-14-5-2-6-15(10-14)23-17-16(19-8-9-20-17)13-4-3-7-18-11-13/h2,5-6,8-10,13,18H,3-4,7,11H2,1H3,(H,21,22). The number of benzene rings is 1. The smallest absolute Gasteiger partial charge is 0.241 e.